The minimum absolute atomic E-state index is 0.0183. The van der Waals surface area contributed by atoms with E-state index >= 15 is 0 Å². The summed E-state index contributed by atoms with van der Waals surface area (Å²) in [6, 6.07) is 6.61. The van der Waals surface area contributed by atoms with Crippen LogP contribution in [0.3, 0.4) is 0 Å². The van der Waals surface area contributed by atoms with E-state index in [4.69, 9.17) is 4.74 Å². The van der Waals surface area contributed by atoms with Crippen LogP contribution in [0.1, 0.15) is 18.4 Å². The third-order valence-electron chi connectivity index (χ3n) is 9.63. The Labute approximate surface area is 280 Å². The molecule has 2 amide bonds. The van der Waals surface area contributed by atoms with Gasteiger partial charge in [-0.2, -0.15) is 0 Å². The minimum atomic E-state index is -1.02. The number of phenols is 1. The number of carbonyl (C=O) groups is 4. The van der Waals surface area contributed by atoms with Gasteiger partial charge in [-0.1, -0.05) is 11.6 Å². The lowest BCUT2D eigenvalue weighted by atomic mass is 9.59. The molecule has 2 aromatic rings. The highest BCUT2D eigenvalue weighted by Crippen LogP contribution is 2.56. The average Bonchev–Trinajstić information content (AvgIpc) is 3.30. The number of ketones is 2. The molecule has 4 atom stereocenters. The van der Waals surface area contributed by atoms with Crippen LogP contribution < -0.4 is 14.5 Å². The Hall–Kier alpha value is -5.44. The number of imide groups is 1. The maximum atomic E-state index is 14.3. The minimum Gasteiger partial charge on any atom is -0.508 e. The van der Waals surface area contributed by atoms with Crippen LogP contribution in [0.2, 0.25) is 0 Å². The Kier molecular flexibility index (Phi) is 7.19. The van der Waals surface area contributed by atoms with Crippen LogP contribution in [0.4, 0.5) is 22.7 Å². The number of halogens is 1. The Balaban J connectivity index is 1.33. The molecule has 2 aliphatic heterocycles. The highest BCUT2D eigenvalue weighted by atomic mass is 79.9. The number of nitrogens with zero attached hydrogens (tertiary/aromatic N) is 4. The van der Waals surface area contributed by atoms with Crippen LogP contribution in [-0.2, 0) is 25.6 Å². The number of nitro benzene ring substituents is 2. The lowest BCUT2D eigenvalue weighted by molar-refractivity contribution is -0.392. The first-order valence-electron chi connectivity index (χ1n) is 14.9. The van der Waals surface area contributed by atoms with Gasteiger partial charge in [0.2, 0.25) is 11.8 Å². The monoisotopic (exact) mass is 716 g/mol. The number of hydrogen-bond acceptors (Lipinski definition) is 11. The first-order chi connectivity index (χ1) is 22.8. The zero-order chi connectivity index (χ0) is 34.3. The van der Waals surface area contributed by atoms with Gasteiger partial charge in [-0.3, -0.25) is 39.4 Å². The summed E-state index contributed by atoms with van der Waals surface area (Å²) in [5, 5.41) is 34.2. The first kappa shape index (κ1) is 31.2. The van der Waals surface area contributed by atoms with E-state index < -0.39 is 62.5 Å². The number of allylic oxidation sites excluding steroid dienone is 7. The molecule has 2 heterocycles. The lowest BCUT2D eigenvalue weighted by Crippen LogP contribution is -2.41. The number of amides is 2. The molecule has 15 heteroatoms. The van der Waals surface area contributed by atoms with Gasteiger partial charge in [-0.05, 0) is 58.5 Å². The van der Waals surface area contributed by atoms with Gasteiger partial charge >= 0.3 is 11.4 Å². The molecule has 0 aromatic heterocycles. The second kappa shape index (κ2) is 11.1. The van der Waals surface area contributed by atoms with Crippen LogP contribution in [0.25, 0.3) is 0 Å². The van der Waals surface area contributed by atoms with Gasteiger partial charge in [-0.15, -0.1) is 0 Å². The zero-order valence-corrected chi connectivity index (χ0v) is 26.9. The molecular weight excluding hydrogens is 692 g/mol. The molecule has 0 radical (unpaired) electrons. The summed E-state index contributed by atoms with van der Waals surface area (Å²) in [5.74, 6) is -5.09. The standard InChI is InChI=1S/C33H25BrN4O10/c1-35(2)30-23(37(44)45)9-16(10-24(30)38(46)47)36-32(42)19-5-4-18-20(28(19)33(36)43)11-21-29(25(40)12-22(34)31(21)41)27(18)15-7-14-8-17(39)3-6-26(14)48-13-15/h3-4,6,8-10,12-13,19-20,27-28,39H,5,7,11H2,1-2H3/t19-,20+,27-,28-/m0/s1. The molecule has 1 saturated heterocycles. The fraction of sp³-hybridized carbons (Fsp3) is 0.273. The van der Waals surface area contributed by atoms with E-state index in [2.05, 4.69) is 15.9 Å². The number of nitro groups is 2. The maximum absolute atomic E-state index is 14.3. The van der Waals surface area contributed by atoms with Crippen molar-refractivity contribution in [3.63, 3.8) is 0 Å². The van der Waals surface area contributed by atoms with Gasteiger partial charge in [-0.25, -0.2) is 4.90 Å². The van der Waals surface area contributed by atoms with E-state index in [1.165, 1.54) is 37.4 Å². The summed E-state index contributed by atoms with van der Waals surface area (Å²) in [5.41, 5.74) is 0.485. The number of aromatic hydroxyl groups is 1. The molecule has 244 valence electrons. The van der Waals surface area contributed by atoms with Gasteiger partial charge < -0.3 is 14.7 Å². The van der Waals surface area contributed by atoms with Gasteiger partial charge in [0.15, 0.2) is 17.3 Å². The fourth-order valence-electron chi connectivity index (χ4n) is 7.73. The van der Waals surface area contributed by atoms with Crippen molar-refractivity contribution in [3.8, 4) is 11.5 Å². The smallest absolute Gasteiger partial charge is 0.301 e. The van der Waals surface area contributed by atoms with Gasteiger partial charge in [0.25, 0.3) is 0 Å². The Morgan fingerprint density at radius 2 is 1.69 bits per heavy atom. The summed E-state index contributed by atoms with van der Waals surface area (Å²) in [6.45, 7) is 0. The van der Waals surface area contributed by atoms with Crippen molar-refractivity contribution in [2.24, 2.45) is 23.7 Å². The number of fused-ring (bicyclic) bond motifs is 4. The molecule has 1 fully saturated rings. The van der Waals surface area contributed by atoms with Crippen molar-refractivity contribution >= 4 is 62.1 Å². The van der Waals surface area contributed by atoms with Crippen molar-refractivity contribution < 1.29 is 38.9 Å². The van der Waals surface area contributed by atoms with Crippen molar-refractivity contribution in [2.45, 2.75) is 19.3 Å². The van der Waals surface area contributed by atoms with Gasteiger partial charge in [0.05, 0.1) is 38.1 Å². The number of Topliss-reactive ketones (excluding diaryl/α,β-unsaturated/α-hetero) is 1. The van der Waals surface area contributed by atoms with Crippen LogP contribution in [-0.4, -0.2) is 52.4 Å². The molecule has 1 N–H and O–H groups in total. The summed E-state index contributed by atoms with van der Waals surface area (Å²) >= 11 is 3.19. The topological polar surface area (TPSA) is 190 Å². The number of hydrogen-bond donors (Lipinski definition) is 1. The molecule has 0 unspecified atom stereocenters. The fourth-order valence-corrected chi connectivity index (χ4v) is 8.17. The van der Waals surface area contributed by atoms with E-state index in [1.807, 2.05) is 0 Å². The van der Waals surface area contributed by atoms with Crippen molar-refractivity contribution in [3.05, 3.63) is 101 Å². The Morgan fingerprint density at radius 1 is 1.00 bits per heavy atom. The van der Waals surface area contributed by atoms with E-state index in [-0.39, 0.29) is 57.8 Å². The van der Waals surface area contributed by atoms with Crippen molar-refractivity contribution in [1.82, 2.24) is 0 Å². The molecule has 0 saturated carbocycles. The van der Waals surface area contributed by atoms with E-state index in [9.17, 15) is 44.5 Å². The highest BCUT2D eigenvalue weighted by Gasteiger charge is 2.57. The number of rotatable bonds is 5. The molecule has 2 aromatic carbocycles. The predicted octanol–water partition coefficient (Wildman–Crippen LogP) is 4.59. The quantitative estimate of drug-likeness (QED) is 0.150. The second-order valence-electron chi connectivity index (χ2n) is 12.4. The molecule has 0 bridgehead atoms. The van der Waals surface area contributed by atoms with E-state index in [0.717, 1.165) is 17.0 Å². The largest absolute Gasteiger partial charge is 0.508 e. The molecule has 14 nitrogen and oxygen atoms in total. The molecule has 3 aliphatic carbocycles. The SMILES string of the molecule is CN(C)c1c([N+](=O)[O-])cc(N2C(=O)[C@H]3[C@H](CC=C4[C@H](C5=COc6ccc(O)cc6C5)C5=C(C[C@H]43)C(=O)C(Br)=CC5=O)C2=O)cc1[N+](=O)[O-]. The lowest BCUT2D eigenvalue weighted by Gasteiger charge is -2.43. The summed E-state index contributed by atoms with van der Waals surface area (Å²) in [4.78, 5) is 79.8. The number of anilines is 2. The second-order valence-corrected chi connectivity index (χ2v) is 13.3. The predicted molar refractivity (Wildman–Crippen MR) is 172 cm³/mol. The van der Waals surface area contributed by atoms with Crippen LogP contribution in [0.15, 0.2) is 75.5 Å². The maximum Gasteiger partial charge on any atom is 0.301 e. The summed E-state index contributed by atoms with van der Waals surface area (Å²) in [7, 11) is 2.81. The normalized spacial score (nSPS) is 24.5. The molecule has 48 heavy (non-hydrogen) atoms. The molecule has 5 aliphatic rings. The summed E-state index contributed by atoms with van der Waals surface area (Å²) in [6.07, 6.45) is 4.86. The van der Waals surface area contributed by atoms with Crippen LogP contribution in [0.5, 0.6) is 11.5 Å². The molecular formula is C33H25BrN4O10. The Morgan fingerprint density at radius 3 is 2.33 bits per heavy atom. The Bertz CT molecular complexity index is 2030. The molecule has 7 rings (SSSR count). The van der Waals surface area contributed by atoms with Crippen molar-refractivity contribution in [1.29, 1.82) is 0 Å². The van der Waals surface area contributed by atoms with Crippen molar-refractivity contribution in [2.75, 3.05) is 23.9 Å². The van der Waals surface area contributed by atoms with Gasteiger partial charge in [0.1, 0.15) is 11.5 Å². The number of ether oxygens (including phenoxy) is 1. The number of carbonyl (C=O) groups excluding carboxylic acids is 4. The zero-order valence-electron chi connectivity index (χ0n) is 25.3. The third-order valence-corrected chi connectivity index (χ3v) is 10.2. The highest BCUT2D eigenvalue weighted by molar-refractivity contribution is 9.12. The molecule has 0 spiro atoms. The third kappa shape index (κ3) is 4.59. The van der Waals surface area contributed by atoms with E-state index in [0.29, 0.717) is 22.5 Å². The van der Waals surface area contributed by atoms with Crippen LogP contribution >= 0.6 is 15.9 Å². The summed E-state index contributed by atoms with van der Waals surface area (Å²) < 4.78 is 5.95. The van der Waals surface area contributed by atoms with E-state index in [1.54, 1.807) is 18.2 Å². The number of phenolic OH excluding ortho intramolecular Hbond substituents is 1. The van der Waals surface area contributed by atoms with Gasteiger partial charge in [0, 0.05) is 61.4 Å². The average molecular weight is 717 g/mol. The van der Waals surface area contributed by atoms with Crippen LogP contribution in [0, 0.1) is 43.9 Å². The first-order valence-corrected chi connectivity index (χ1v) is 15.7. The number of benzene rings is 2.